The van der Waals surface area contributed by atoms with Crippen LogP contribution in [-0.4, -0.2) is 10.2 Å². The number of aryl methyl sites for hydroxylation is 2. The third kappa shape index (κ3) is 2.36. The normalized spacial score (nSPS) is 10.4. The van der Waals surface area contributed by atoms with Gasteiger partial charge in [0.25, 0.3) is 0 Å². The minimum Gasteiger partial charge on any atom is -0.424 e. The maximum absolute atomic E-state index is 13.4. The van der Waals surface area contributed by atoms with E-state index in [9.17, 15) is 4.39 Å². The van der Waals surface area contributed by atoms with E-state index in [4.69, 9.17) is 4.42 Å². The number of nitrogens with one attached hydrogen (secondary N) is 1. The summed E-state index contributed by atoms with van der Waals surface area (Å²) in [7, 11) is 0. The standard InChI is InChI=1S/C11H12FN3O/c1-7-3-4-10(9(12)5-7)13-6-11-15-14-8(2)16-11/h3-5,13H,6H2,1-2H3. The van der Waals surface area contributed by atoms with Gasteiger partial charge in [-0.15, -0.1) is 10.2 Å². The molecule has 0 unspecified atom stereocenters. The first-order valence-corrected chi connectivity index (χ1v) is 4.94. The molecule has 0 amide bonds. The lowest BCUT2D eigenvalue weighted by atomic mass is 10.2. The number of aromatic nitrogens is 2. The van der Waals surface area contributed by atoms with E-state index in [0.29, 0.717) is 24.0 Å². The molecule has 1 aromatic heterocycles. The molecule has 5 heteroatoms. The summed E-state index contributed by atoms with van der Waals surface area (Å²) in [5, 5.41) is 10.4. The quantitative estimate of drug-likeness (QED) is 0.864. The summed E-state index contributed by atoms with van der Waals surface area (Å²) >= 11 is 0. The van der Waals surface area contributed by atoms with Crippen molar-refractivity contribution < 1.29 is 8.81 Å². The minimum atomic E-state index is -0.281. The van der Waals surface area contributed by atoms with Gasteiger partial charge in [0, 0.05) is 6.92 Å². The maximum atomic E-state index is 13.4. The molecule has 0 saturated carbocycles. The number of halogens is 1. The van der Waals surface area contributed by atoms with Crippen molar-refractivity contribution >= 4 is 5.69 Å². The Hall–Kier alpha value is -1.91. The van der Waals surface area contributed by atoms with Gasteiger partial charge in [0.2, 0.25) is 11.8 Å². The largest absolute Gasteiger partial charge is 0.424 e. The molecule has 0 aliphatic carbocycles. The molecule has 1 heterocycles. The summed E-state index contributed by atoms with van der Waals surface area (Å²) in [5.74, 6) is 0.662. The van der Waals surface area contributed by atoms with Crippen molar-refractivity contribution in [1.82, 2.24) is 10.2 Å². The topological polar surface area (TPSA) is 51.0 Å². The highest BCUT2D eigenvalue weighted by atomic mass is 19.1. The predicted octanol–water partition coefficient (Wildman–Crippen LogP) is 2.44. The Balaban J connectivity index is 2.04. The van der Waals surface area contributed by atoms with Gasteiger partial charge in [-0.25, -0.2) is 4.39 Å². The van der Waals surface area contributed by atoms with Crippen molar-refractivity contribution in [3.8, 4) is 0 Å². The molecule has 0 spiro atoms. The van der Waals surface area contributed by atoms with Crippen LogP contribution in [0.2, 0.25) is 0 Å². The summed E-state index contributed by atoms with van der Waals surface area (Å²) < 4.78 is 18.6. The second-order valence-electron chi connectivity index (χ2n) is 3.55. The zero-order valence-corrected chi connectivity index (χ0v) is 9.12. The predicted molar refractivity (Wildman–Crippen MR) is 57.5 cm³/mol. The summed E-state index contributed by atoms with van der Waals surface area (Å²) in [4.78, 5) is 0. The van der Waals surface area contributed by atoms with Crippen LogP contribution in [0.15, 0.2) is 22.6 Å². The Morgan fingerprint density at radius 1 is 1.31 bits per heavy atom. The van der Waals surface area contributed by atoms with E-state index in [1.807, 2.05) is 13.0 Å². The second-order valence-corrected chi connectivity index (χ2v) is 3.55. The van der Waals surface area contributed by atoms with Crippen molar-refractivity contribution in [3.63, 3.8) is 0 Å². The molecule has 1 aromatic carbocycles. The van der Waals surface area contributed by atoms with E-state index in [1.165, 1.54) is 6.07 Å². The molecule has 0 radical (unpaired) electrons. The van der Waals surface area contributed by atoms with Crippen LogP contribution >= 0.6 is 0 Å². The van der Waals surface area contributed by atoms with Crippen LogP contribution in [0.4, 0.5) is 10.1 Å². The number of nitrogens with zero attached hydrogens (tertiary/aromatic N) is 2. The fourth-order valence-corrected chi connectivity index (χ4v) is 1.34. The molecule has 0 fully saturated rings. The highest BCUT2D eigenvalue weighted by molar-refractivity contribution is 5.45. The zero-order chi connectivity index (χ0) is 11.5. The Morgan fingerprint density at radius 3 is 2.75 bits per heavy atom. The number of rotatable bonds is 3. The summed E-state index contributed by atoms with van der Waals surface area (Å²) in [5.41, 5.74) is 1.32. The lowest BCUT2D eigenvalue weighted by molar-refractivity contribution is 0.474. The van der Waals surface area contributed by atoms with Crippen LogP contribution in [0.25, 0.3) is 0 Å². The van der Waals surface area contributed by atoms with E-state index in [-0.39, 0.29) is 5.82 Å². The van der Waals surface area contributed by atoms with Gasteiger partial charge in [-0.05, 0) is 24.6 Å². The van der Waals surface area contributed by atoms with E-state index in [2.05, 4.69) is 15.5 Å². The van der Waals surface area contributed by atoms with Crippen LogP contribution in [0.3, 0.4) is 0 Å². The maximum Gasteiger partial charge on any atom is 0.235 e. The number of hydrogen-bond acceptors (Lipinski definition) is 4. The van der Waals surface area contributed by atoms with Gasteiger partial charge in [-0.1, -0.05) is 6.07 Å². The summed E-state index contributed by atoms with van der Waals surface area (Å²) in [6.07, 6.45) is 0. The molecule has 0 bridgehead atoms. The monoisotopic (exact) mass is 221 g/mol. The molecular formula is C11H12FN3O. The van der Waals surface area contributed by atoms with E-state index in [0.717, 1.165) is 5.56 Å². The first kappa shape index (κ1) is 10.6. The fourth-order valence-electron chi connectivity index (χ4n) is 1.34. The van der Waals surface area contributed by atoms with Gasteiger partial charge in [-0.2, -0.15) is 0 Å². The van der Waals surface area contributed by atoms with E-state index < -0.39 is 0 Å². The number of anilines is 1. The van der Waals surface area contributed by atoms with Gasteiger partial charge in [0.05, 0.1) is 12.2 Å². The molecular weight excluding hydrogens is 209 g/mol. The Morgan fingerprint density at radius 2 is 2.12 bits per heavy atom. The van der Waals surface area contributed by atoms with E-state index >= 15 is 0 Å². The number of benzene rings is 1. The lowest BCUT2D eigenvalue weighted by Gasteiger charge is -2.05. The summed E-state index contributed by atoms with van der Waals surface area (Å²) in [6.45, 7) is 3.87. The second kappa shape index (κ2) is 4.30. The molecule has 4 nitrogen and oxygen atoms in total. The van der Waals surface area contributed by atoms with Crippen molar-refractivity contribution in [1.29, 1.82) is 0 Å². The van der Waals surface area contributed by atoms with Gasteiger partial charge < -0.3 is 9.73 Å². The third-order valence-electron chi connectivity index (χ3n) is 2.12. The van der Waals surface area contributed by atoms with Gasteiger partial charge >= 0.3 is 0 Å². The zero-order valence-electron chi connectivity index (χ0n) is 9.12. The molecule has 2 rings (SSSR count). The van der Waals surface area contributed by atoms with Crippen molar-refractivity contribution in [2.24, 2.45) is 0 Å². The van der Waals surface area contributed by atoms with Gasteiger partial charge in [0.1, 0.15) is 5.82 Å². The summed E-state index contributed by atoms with van der Waals surface area (Å²) in [6, 6.07) is 5.00. The van der Waals surface area contributed by atoms with Crippen LogP contribution in [0.5, 0.6) is 0 Å². The van der Waals surface area contributed by atoms with Crippen molar-refractivity contribution in [2.45, 2.75) is 20.4 Å². The lowest BCUT2D eigenvalue weighted by Crippen LogP contribution is -2.01. The average Bonchev–Trinajstić information content (AvgIpc) is 2.63. The smallest absolute Gasteiger partial charge is 0.235 e. The molecule has 84 valence electrons. The molecule has 0 aliphatic heterocycles. The third-order valence-corrected chi connectivity index (χ3v) is 2.12. The molecule has 1 N–H and O–H groups in total. The average molecular weight is 221 g/mol. The SMILES string of the molecule is Cc1ccc(NCc2nnc(C)o2)c(F)c1. The molecule has 2 aromatic rings. The Labute approximate surface area is 92.5 Å². The Bertz CT molecular complexity index is 496. The first-order chi connectivity index (χ1) is 7.65. The van der Waals surface area contributed by atoms with Crippen molar-refractivity contribution in [3.05, 3.63) is 41.4 Å². The van der Waals surface area contributed by atoms with Gasteiger partial charge in [0.15, 0.2) is 0 Å². The van der Waals surface area contributed by atoms with Crippen molar-refractivity contribution in [2.75, 3.05) is 5.32 Å². The number of hydrogen-bond donors (Lipinski definition) is 1. The van der Waals surface area contributed by atoms with Gasteiger partial charge in [-0.3, -0.25) is 0 Å². The minimum absolute atomic E-state index is 0.281. The van der Waals surface area contributed by atoms with Crippen LogP contribution in [0.1, 0.15) is 17.3 Å². The Kier molecular flexibility index (Phi) is 2.85. The first-order valence-electron chi connectivity index (χ1n) is 4.94. The molecule has 16 heavy (non-hydrogen) atoms. The fraction of sp³-hybridized carbons (Fsp3) is 0.273. The highest BCUT2D eigenvalue weighted by Crippen LogP contribution is 2.15. The molecule has 0 saturated heterocycles. The van der Waals surface area contributed by atoms with Crippen LogP contribution in [0, 0.1) is 19.7 Å². The van der Waals surface area contributed by atoms with Crippen LogP contribution in [-0.2, 0) is 6.54 Å². The van der Waals surface area contributed by atoms with Crippen LogP contribution < -0.4 is 5.32 Å². The molecule has 0 aliphatic rings. The highest BCUT2D eigenvalue weighted by Gasteiger charge is 2.05. The molecule has 0 atom stereocenters. The van der Waals surface area contributed by atoms with E-state index in [1.54, 1.807) is 13.0 Å².